The molecule has 0 fully saturated rings. The highest BCUT2D eigenvalue weighted by Gasteiger charge is 2.17. The van der Waals surface area contributed by atoms with Crippen molar-refractivity contribution < 1.29 is 4.79 Å². The molecule has 0 radical (unpaired) electrons. The van der Waals surface area contributed by atoms with Gasteiger partial charge >= 0.3 is 0 Å². The van der Waals surface area contributed by atoms with Gasteiger partial charge in [-0.2, -0.15) is 5.10 Å². The van der Waals surface area contributed by atoms with Gasteiger partial charge in [0.15, 0.2) is 10.4 Å². The number of hydrogen-bond acceptors (Lipinski definition) is 3. The predicted octanol–water partition coefficient (Wildman–Crippen LogP) is 1.86. The zero-order valence-electron chi connectivity index (χ0n) is 12.4. The zero-order chi connectivity index (χ0) is 14.9. The number of imidazole rings is 1. The number of amides is 1. The van der Waals surface area contributed by atoms with E-state index in [1.807, 2.05) is 18.5 Å². The Morgan fingerprint density at radius 3 is 2.75 bits per heavy atom. The van der Waals surface area contributed by atoms with Crippen molar-refractivity contribution in [3.05, 3.63) is 10.5 Å². The Hall–Kier alpha value is -1.63. The first kappa shape index (κ1) is 14.8. The largest absolute Gasteiger partial charge is 0.344 e. The van der Waals surface area contributed by atoms with Crippen LogP contribution >= 0.6 is 12.2 Å². The van der Waals surface area contributed by atoms with Gasteiger partial charge in [-0.15, -0.1) is 0 Å². The molecular formula is C13H21N5OS. The number of nitrogens with zero attached hydrogens (tertiary/aromatic N) is 4. The molecule has 2 rings (SSSR count). The van der Waals surface area contributed by atoms with Crippen LogP contribution in [0.25, 0.3) is 11.2 Å². The summed E-state index contributed by atoms with van der Waals surface area (Å²) in [6, 6.07) is 0. The molecular weight excluding hydrogens is 274 g/mol. The van der Waals surface area contributed by atoms with E-state index >= 15 is 0 Å². The Morgan fingerprint density at radius 1 is 1.45 bits per heavy atom. The highest BCUT2D eigenvalue weighted by Crippen LogP contribution is 2.19. The maximum Gasteiger partial charge on any atom is 0.242 e. The maximum absolute atomic E-state index is 12.1. The summed E-state index contributed by atoms with van der Waals surface area (Å²) < 4.78 is 4.19. The molecule has 0 saturated carbocycles. The van der Waals surface area contributed by atoms with Crippen molar-refractivity contribution in [2.45, 2.75) is 33.2 Å². The fourth-order valence-corrected chi connectivity index (χ4v) is 2.52. The van der Waals surface area contributed by atoms with E-state index in [2.05, 4.69) is 17.0 Å². The first-order valence-corrected chi connectivity index (χ1v) is 7.28. The Bertz CT molecular complexity index is 681. The first-order chi connectivity index (χ1) is 9.49. The minimum Gasteiger partial charge on any atom is -0.344 e. The van der Waals surface area contributed by atoms with Gasteiger partial charge < -0.3 is 9.88 Å². The number of H-pyrrole nitrogens is 1. The molecule has 2 aromatic heterocycles. The van der Waals surface area contributed by atoms with Crippen molar-refractivity contribution in [2.75, 3.05) is 13.6 Å². The summed E-state index contributed by atoms with van der Waals surface area (Å²) in [4.78, 5) is 17.0. The van der Waals surface area contributed by atoms with Crippen LogP contribution in [0.5, 0.6) is 0 Å². The van der Waals surface area contributed by atoms with Crippen molar-refractivity contribution in [1.82, 2.24) is 24.2 Å². The van der Waals surface area contributed by atoms with Gasteiger partial charge in [-0.05, 0) is 25.6 Å². The second-order valence-corrected chi connectivity index (χ2v) is 5.33. The number of carbonyl (C=O) groups excluding carboxylic acids is 1. The summed E-state index contributed by atoms with van der Waals surface area (Å²) in [7, 11) is 3.68. The van der Waals surface area contributed by atoms with Gasteiger partial charge in [0.2, 0.25) is 5.91 Å². The van der Waals surface area contributed by atoms with Gasteiger partial charge in [-0.3, -0.25) is 14.0 Å². The summed E-state index contributed by atoms with van der Waals surface area (Å²) >= 11 is 5.35. The van der Waals surface area contributed by atoms with E-state index in [-0.39, 0.29) is 12.5 Å². The van der Waals surface area contributed by atoms with E-state index in [1.54, 1.807) is 16.6 Å². The number of aryl methyl sites for hydroxylation is 2. The standard InChI is InChI=1S/C13H21N5OS/c1-5-7-9-11-12(17(4)15-9)18(13(20)14-11)8-10(19)16(3)6-2/h5-8H2,1-4H3,(H,14,20). The molecule has 0 atom stereocenters. The third-order valence-electron chi connectivity index (χ3n) is 3.50. The van der Waals surface area contributed by atoms with E-state index in [1.165, 1.54) is 0 Å². The maximum atomic E-state index is 12.1. The lowest BCUT2D eigenvalue weighted by Crippen LogP contribution is -2.30. The van der Waals surface area contributed by atoms with E-state index in [4.69, 9.17) is 12.2 Å². The number of rotatable bonds is 5. The molecule has 0 bridgehead atoms. The van der Waals surface area contributed by atoms with Gasteiger partial charge in [0.25, 0.3) is 0 Å². The summed E-state index contributed by atoms with van der Waals surface area (Å²) in [5.41, 5.74) is 2.84. The van der Waals surface area contributed by atoms with Crippen LogP contribution in [0.4, 0.5) is 0 Å². The van der Waals surface area contributed by atoms with Crippen LogP contribution in [-0.2, 0) is 24.8 Å². The van der Waals surface area contributed by atoms with Crippen LogP contribution in [0.3, 0.4) is 0 Å². The molecule has 0 aliphatic rings. The SMILES string of the molecule is CCCc1nn(C)c2c1[nH]c(=S)n2CC(=O)N(C)CC. The lowest BCUT2D eigenvalue weighted by Gasteiger charge is -2.14. The summed E-state index contributed by atoms with van der Waals surface area (Å²) in [6.07, 6.45) is 1.92. The summed E-state index contributed by atoms with van der Waals surface area (Å²) in [5, 5.41) is 4.51. The number of carbonyl (C=O) groups is 1. The van der Waals surface area contributed by atoms with Crippen LogP contribution in [0, 0.1) is 4.77 Å². The van der Waals surface area contributed by atoms with Crippen LogP contribution < -0.4 is 0 Å². The van der Waals surface area contributed by atoms with Gasteiger partial charge in [0.05, 0.1) is 5.69 Å². The molecule has 0 aliphatic carbocycles. The fraction of sp³-hybridized carbons (Fsp3) is 0.615. The molecule has 2 heterocycles. The number of hydrogen-bond donors (Lipinski definition) is 1. The van der Waals surface area contributed by atoms with Crippen LogP contribution in [0.15, 0.2) is 0 Å². The van der Waals surface area contributed by atoms with Crippen molar-refractivity contribution >= 4 is 29.3 Å². The Balaban J connectivity index is 2.46. The average Bonchev–Trinajstić information content (AvgIpc) is 2.88. The topological polar surface area (TPSA) is 58.9 Å². The zero-order valence-corrected chi connectivity index (χ0v) is 13.3. The molecule has 110 valence electrons. The Labute approximate surface area is 123 Å². The molecule has 20 heavy (non-hydrogen) atoms. The van der Waals surface area contributed by atoms with Gasteiger partial charge in [0, 0.05) is 20.6 Å². The molecule has 0 saturated heterocycles. The minimum absolute atomic E-state index is 0.0442. The smallest absolute Gasteiger partial charge is 0.242 e. The van der Waals surface area contributed by atoms with Crippen LogP contribution in [0.1, 0.15) is 26.0 Å². The van der Waals surface area contributed by atoms with Crippen LogP contribution in [-0.4, -0.2) is 43.7 Å². The summed E-state index contributed by atoms with van der Waals surface area (Å²) in [5.74, 6) is 0.0442. The first-order valence-electron chi connectivity index (χ1n) is 6.87. The molecule has 0 aromatic carbocycles. The molecule has 2 aromatic rings. The average molecular weight is 295 g/mol. The van der Waals surface area contributed by atoms with Gasteiger partial charge in [-0.25, -0.2) is 0 Å². The molecule has 6 nitrogen and oxygen atoms in total. The molecule has 7 heteroatoms. The quantitative estimate of drug-likeness (QED) is 0.857. The number of nitrogens with one attached hydrogen (secondary N) is 1. The molecule has 0 spiro atoms. The lowest BCUT2D eigenvalue weighted by molar-refractivity contribution is -0.130. The van der Waals surface area contributed by atoms with E-state index in [0.29, 0.717) is 11.3 Å². The van der Waals surface area contributed by atoms with Gasteiger partial charge in [-0.1, -0.05) is 13.3 Å². The monoisotopic (exact) mass is 295 g/mol. The number of aromatic nitrogens is 4. The highest BCUT2D eigenvalue weighted by atomic mass is 32.1. The molecule has 0 unspecified atom stereocenters. The fourth-order valence-electron chi connectivity index (χ4n) is 2.27. The van der Waals surface area contributed by atoms with E-state index < -0.39 is 0 Å². The second kappa shape index (κ2) is 5.78. The third-order valence-corrected chi connectivity index (χ3v) is 3.82. The Kier molecular flexibility index (Phi) is 4.27. The van der Waals surface area contributed by atoms with Crippen molar-refractivity contribution in [2.24, 2.45) is 7.05 Å². The van der Waals surface area contributed by atoms with Crippen LogP contribution in [0.2, 0.25) is 0 Å². The van der Waals surface area contributed by atoms with E-state index in [0.717, 1.165) is 29.7 Å². The normalized spacial score (nSPS) is 11.2. The Morgan fingerprint density at radius 2 is 2.15 bits per heavy atom. The number of fused-ring (bicyclic) bond motifs is 1. The van der Waals surface area contributed by atoms with E-state index in [9.17, 15) is 4.79 Å². The number of likely N-dealkylation sites (N-methyl/N-ethyl adjacent to an activating group) is 1. The second-order valence-electron chi connectivity index (χ2n) is 4.94. The van der Waals surface area contributed by atoms with Crippen molar-refractivity contribution in [3.63, 3.8) is 0 Å². The van der Waals surface area contributed by atoms with Crippen molar-refractivity contribution in [1.29, 1.82) is 0 Å². The highest BCUT2D eigenvalue weighted by molar-refractivity contribution is 7.71. The molecule has 1 N–H and O–H groups in total. The number of aromatic amines is 1. The predicted molar refractivity (Wildman–Crippen MR) is 81.2 cm³/mol. The third kappa shape index (κ3) is 2.49. The summed E-state index contributed by atoms with van der Waals surface area (Å²) in [6.45, 7) is 5.00. The van der Waals surface area contributed by atoms with Crippen molar-refractivity contribution in [3.8, 4) is 0 Å². The molecule has 1 amide bonds. The van der Waals surface area contributed by atoms with Gasteiger partial charge in [0.1, 0.15) is 12.1 Å². The molecule has 0 aliphatic heterocycles. The minimum atomic E-state index is 0.0442. The lowest BCUT2D eigenvalue weighted by atomic mass is 10.2.